The first-order chi connectivity index (χ1) is 5.70. The van der Waals surface area contributed by atoms with Crippen molar-refractivity contribution in [3.8, 4) is 0 Å². The van der Waals surface area contributed by atoms with Crippen molar-refractivity contribution in [2.24, 2.45) is 5.73 Å². The van der Waals surface area contributed by atoms with Crippen molar-refractivity contribution < 1.29 is 0 Å². The van der Waals surface area contributed by atoms with E-state index in [1.54, 1.807) is 18.0 Å². The third kappa shape index (κ3) is 3.13. The number of pyridine rings is 1. The standard InChI is InChI=1S/C8H11BrN2S/c1-6(10)5-12-8-7(9)3-2-4-11-8/h2-4,6H,5,10H2,1H3/t6-/m0/s1. The predicted octanol–water partition coefficient (Wildman–Crippen LogP) is 2.28. The van der Waals surface area contributed by atoms with Gasteiger partial charge in [-0.25, -0.2) is 4.98 Å². The van der Waals surface area contributed by atoms with Crippen LogP contribution in [-0.2, 0) is 0 Å². The van der Waals surface area contributed by atoms with Gasteiger partial charge in [0.2, 0.25) is 0 Å². The second kappa shape index (κ2) is 4.84. The van der Waals surface area contributed by atoms with Crippen molar-refractivity contribution in [1.29, 1.82) is 0 Å². The molecule has 1 atom stereocenters. The van der Waals surface area contributed by atoms with E-state index in [1.807, 2.05) is 19.1 Å². The summed E-state index contributed by atoms with van der Waals surface area (Å²) >= 11 is 5.09. The van der Waals surface area contributed by atoms with Crippen molar-refractivity contribution in [3.05, 3.63) is 22.8 Å². The molecule has 2 N–H and O–H groups in total. The number of hydrogen-bond donors (Lipinski definition) is 1. The second-order valence-electron chi connectivity index (χ2n) is 2.58. The lowest BCUT2D eigenvalue weighted by molar-refractivity contribution is 0.845. The van der Waals surface area contributed by atoms with Gasteiger partial charge in [0.25, 0.3) is 0 Å². The van der Waals surface area contributed by atoms with Crippen LogP contribution in [-0.4, -0.2) is 16.8 Å². The first-order valence-electron chi connectivity index (χ1n) is 3.69. The smallest absolute Gasteiger partial charge is 0.110 e. The predicted molar refractivity (Wildman–Crippen MR) is 56.3 cm³/mol. The molecule has 1 rings (SSSR count). The number of nitrogens with zero attached hydrogens (tertiary/aromatic N) is 1. The third-order valence-corrected chi connectivity index (χ3v) is 3.40. The number of hydrogen-bond acceptors (Lipinski definition) is 3. The van der Waals surface area contributed by atoms with Gasteiger partial charge in [-0.1, -0.05) is 0 Å². The average molecular weight is 247 g/mol. The van der Waals surface area contributed by atoms with Crippen LogP contribution in [0.1, 0.15) is 6.92 Å². The zero-order valence-corrected chi connectivity index (χ0v) is 9.23. The molecule has 0 unspecified atom stereocenters. The van der Waals surface area contributed by atoms with Crippen LogP contribution in [0.2, 0.25) is 0 Å². The summed E-state index contributed by atoms with van der Waals surface area (Å²) in [5.74, 6) is 0.898. The fraction of sp³-hybridized carbons (Fsp3) is 0.375. The van der Waals surface area contributed by atoms with Crippen LogP contribution >= 0.6 is 27.7 Å². The van der Waals surface area contributed by atoms with Crippen LogP contribution in [0, 0.1) is 0 Å². The van der Waals surface area contributed by atoms with Crippen LogP contribution in [0.4, 0.5) is 0 Å². The van der Waals surface area contributed by atoms with Gasteiger partial charge in [0.05, 0.1) is 0 Å². The molecule has 0 aliphatic heterocycles. The Labute approximate surface area is 85.1 Å². The number of rotatable bonds is 3. The summed E-state index contributed by atoms with van der Waals surface area (Å²) in [5, 5.41) is 1.01. The minimum atomic E-state index is 0.212. The maximum Gasteiger partial charge on any atom is 0.110 e. The molecule has 12 heavy (non-hydrogen) atoms. The van der Waals surface area contributed by atoms with E-state index in [9.17, 15) is 0 Å². The van der Waals surface area contributed by atoms with E-state index in [4.69, 9.17) is 5.73 Å². The molecule has 0 aliphatic rings. The topological polar surface area (TPSA) is 38.9 Å². The lowest BCUT2D eigenvalue weighted by Crippen LogP contribution is -2.17. The first-order valence-corrected chi connectivity index (χ1v) is 5.47. The van der Waals surface area contributed by atoms with Crippen molar-refractivity contribution in [2.75, 3.05) is 5.75 Å². The van der Waals surface area contributed by atoms with Crippen molar-refractivity contribution >= 4 is 27.7 Å². The number of nitrogens with two attached hydrogens (primary N) is 1. The van der Waals surface area contributed by atoms with Gasteiger partial charge in [0, 0.05) is 22.5 Å². The zero-order valence-electron chi connectivity index (χ0n) is 6.83. The summed E-state index contributed by atoms with van der Waals surface area (Å²) in [7, 11) is 0. The number of thioether (sulfide) groups is 1. The highest BCUT2D eigenvalue weighted by atomic mass is 79.9. The summed E-state index contributed by atoms with van der Waals surface area (Å²) < 4.78 is 1.04. The summed E-state index contributed by atoms with van der Waals surface area (Å²) in [5.41, 5.74) is 5.63. The molecule has 0 spiro atoms. The number of aromatic nitrogens is 1. The molecule has 1 heterocycles. The average Bonchev–Trinajstić information content (AvgIpc) is 2.03. The van der Waals surface area contributed by atoms with Crippen LogP contribution in [0.25, 0.3) is 0 Å². The SMILES string of the molecule is C[C@H](N)CSc1ncccc1Br. The minimum Gasteiger partial charge on any atom is -0.327 e. The Balaban J connectivity index is 2.57. The van der Waals surface area contributed by atoms with E-state index in [1.165, 1.54) is 0 Å². The summed E-state index contributed by atoms with van der Waals surface area (Å²) in [4.78, 5) is 4.21. The van der Waals surface area contributed by atoms with Gasteiger partial charge in [-0.15, -0.1) is 11.8 Å². The molecule has 4 heteroatoms. The van der Waals surface area contributed by atoms with E-state index in [0.29, 0.717) is 0 Å². The van der Waals surface area contributed by atoms with Crippen LogP contribution in [0.5, 0.6) is 0 Å². The molecule has 1 aromatic heterocycles. The third-order valence-electron chi connectivity index (χ3n) is 1.21. The maximum atomic E-state index is 5.63. The van der Waals surface area contributed by atoms with Crippen molar-refractivity contribution in [3.63, 3.8) is 0 Å². The highest BCUT2D eigenvalue weighted by Crippen LogP contribution is 2.24. The molecule has 0 radical (unpaired) electrons. The van der Waals surface area contributed by atoms with E-state index >= 15 is 0 Å². The summed E-state index contributed by atoms with van der Waals surface area (Å²) in [6.07, 6.45) is 1.79. The summed E-state index contributed by atoms with van der Waals surface area (Å²) in [6.45, 7) is 1.99. The van der Waals surface area contributed by atoms with Crippen molar-refractivity contribution in [2.45, 2.75) is 18.0 Å². The molecular weight excluding hydrogens is 236 g/mol. The Bertz CT molecular complexity index is 253. The molecule has 0 saturated heterocycles. The summed E-state index contributed by atoms with van der Waals surface area (Å²) in [6, 6.07) is 4.10. The normalized spacial score (nSPS) is 12.9. The molecule has 0 aromatic carbocycles. The molecule has 0 amide bonds. The molecular formula is C8H11BrN2S. The minimum absolute atomic E-state index is 0.212. The quantitative estimate of drug-likeness (QED) is 0.833. The molecule has 66 valence electrons. The molecule has 1 aromatic rings. The molecule has 0 bridgehead atoms. The van der Waals surface area contributed by atoms with Gasteiger partial charge in [0.15, 0.2) is 0 Å². The lowest BCUT2D eigenvalue weighted by atomic mass is 10.4. The van der Waals surface area contributed by atoms with Gasteiger partial charge in [-0.2, -0.15) is 0 Å². The van der Waals surface area contributed by atoms with Crippen LogP contribution < -0.4 is 5.73 Å². The Morgan fingerprint density at radius 1 is 1.75 bits per heavy atom. The Morgan fingerprint density at radius 3 is 3.08 bits per heavy atom. The van der Waals surface area contributed by atoms with Gasteiger partial charge in [-0.3, -0.25) is 0 Å². The molecule has 0 aliphatic carbocycles. The maximum absolute atomic E-state index is 5.63. The fourth-order valence-electron chi connectivity index (χ4n) is 0.688. The van der Waals surface area contributed by atoms with Gasteiger partial charge in [0.1, 0.15) is 5.03 Å². The van der Waals surface area contributed by atoms with Crippen molar-refractivity contribution in [1.82, 2.24) is 4.98 Å². The fourth-order valence-corrected chi connectivity index (χ4v) is 2.05. The lowest BCUT2D eigenvalue weighted by Gasteiger charge is -2.04. The Kier molecular flexibility index (Phi) is 4.05. The monoisotopic (exact) mass is 246 g/mol. The molecule has 0 saturated carbocycles. The van der Waals surface area contributed by atoms with Crippen LogP contribution in [0.15, 0.2) is 27.8 Å². The van der Waals surface area contributed by atoms with E-state index in [-0.39, 0.29) is 6.04 Å². The Morgan fingerprint density at radius 2 is 2.50 bits per heavy atom. The molecule has 2 nitrogen and oxygen atoms in total. The van der Waals surface area contributed by atoms with E-state index in [0.717, 1.165) is 15.3 Å². The Hall–Kier alpha value is -0.0600. The van der Waals surface area contributed by atoms with E-state index < -0.39 is 0 Å². The van der Waals surface area contributed by atoms with Gasteiger partial charge >= 0.3 is 0 Å². The molecule has 0 fully saturated rings. The zero-order chi connectivity index (χ0) is 8.97. The highest BCUT2D eigenvalue weighted by molar-refractivity contribution is 9.10. The largest absolute Gasteiger partial charge is 0.327 e. The second-order valence-corrected chi connectivity index (χ2v) is 4.44. The van der Waals surface area contributed by atoms with Gasteiger partial charge < -0.3 is 5.73 Å². The first kappa shape index (κ1) is 10.0. The number of halogens is 1. The van der Waals surface area contributed by atoms with Crippen LogP contribution in [0.3, 0.4) is 0 Å². The van der Waals surface area contributed by atoms with Gasteiger partial charge in [-0.05, 0) is 35.0 Å². The highest BCUT2D eigenvalue weighted by Gasteiger charge is 2.01. The van der Waals surface area contributed by atoms with E-state index in [2.05, 4.69) is 20.9 Å².